The van der Waals surface area contributed by atoms with E-state index in [-0.39, 0.29) is 11.8 Å². The highest BCUT2D eigenvalue weighted by Gasteiger charge is 2.32. The van der Waals surface area contributed by atoms with E-state index in [0.29, 0.717) is 23.7 Å². The summed E-state index contributed by atoms with van der Waals surface area (Å²) < 4.78 is 13.3. The molecular formula is C22H23N3O3. The van der Waals surface area contributed by atoms with Crippen molar-refractivity contribution in [3.63, 3.8) is 0 Å². The van der Waals surface area contributed by atoms with E-state index in [0.717, 1.165) is 28.2 Å². The van der Waals surface area contributed by atoms with Crippen LogP contribution in [0.2, 0.25) is 0 Å². The number of methoxy groups -OCH3 is 1. The summed E-state index contributed by atoms with van der Waals surface area (Å²) in [5, 5.41) is 3.30. The molecule has 0 amide bonds. The second-order valence-electron chi connectivity index (χ2n) is 6.76. The predicted octanol–water partition coefficient (Wildman–Crippen LogP) is 4.32. The zero-order valence-electron chi connectivity index (χ0n) is 16.4. The van der Waals surface area contributed by atoms with Crippen LogP contribution in [0.1, 0.15) is 32.4 Å². The molecular weight excluding hydrogens is 354 g/mol. The Labute approximate surface area is 163 Å². The minimum absolute atomic E-state index is 0.0197. The largest absolute Gasteiger partial charge is 0.493 e. The number of hydrogen-bond acceptors (Lipinski definition) is 5. The summed E-state index contributed by atoms with van der Waals surface area (Å²) in [6.07, 6.45) is 0. The molecule has 28 heavy (non-hydrogen) atoms. The fraction of sp³-hybridized carbons (Fsp3) is 0.273. The number of rotatable bonds is 5. The first-order valence-corrected chi connectivity index (χ1v) is 9.31. The van der Waals surface area contributed by atoms with Crippen LogP contribution in [0.15, 0.2) is 53.7 Å². The topological polar surface area (TPSA) is 65.4 Å². The van der Waals surface area contributed by atoms with Crippen molar-refractivity contribution in [2.45, 2.75) is 26.8 Å². The molecule has 0 spiro atoms. The molecule has 1 N–H and O–H groups in total. The molecule has 6 heteroatoms. The number of ether oxygens (including phenoxy) is 2. The Bertz CT molecular complexity index is 1100. The molecule has 0 aliphatic carbocycles. The lowest BCUT2D eigenvalue weighted by Gasteiger charge is -2.30. The monoisotopic (exact) mass is 377 g/mol. The normalized spacial score (nSPS) is 15.9. The van der Waals surface area contributed by atoms with Crippen LogP contribution < -0.4 is 14.8 Å². The molecule has 6 nitrogen and oxygen atoms in total. The van der Waals surface area contributed by atoms with Gasteiger partial charge in [-0.3, -0.25) is 9.36 Å². The molecule has 1 aromatic heterocycles. The molecule has 1 atom stereocenters. The van der Waals surface area contributed by atoms with Crippen molar-refractivity contribution in [1.29, 1.82) is 0 Å². The highest BCUT2D eigenvalue weighted by Crippen LogP contribution is 2.41. The van der Waals surface area contributed by atoms with Crippen molar-refractivity contribution in [2.75, 3.05) is 19.0 Å². The molecule has 0 unspecified atom stereocenters. The summed E-state index contributed by atoms with van der Waals surface area (Å²) in [5.41, 5.74) is 4.31. The maximum absolute atomic E-state index is 12.6. The van der Waals surface area contributed by atoms with Crippen LogP contribution in [0.4, 0.5) is 5.95 Å². The van der Waals surface area contributed by atoms with Crippen LogP contribution >= 0.6 is 0 Å². The summed E-state index contributed by atoms with van der Waals surface area (Å²) in [6.45, 7) is 6.00. The molecule has 0 saturated heterocycles. The van der Waals surface area contributed by atoms with Gasteiger partial charge in [0.05, 0.1) is 30.8 Å². The average Bonchev–Trinajstić information content (AvgIpc) is 3.05. The molecule has 2 heterocycles. The number of allylic oxidation sites excluding steroid dienone is 2. The van der Waals surface area contributed by atoms with Gasteiger partial charge < -0.3 is 14.8 Å². The SMILES string of the molecule is CCOc1ccc([C@H]2C(C(C)=O)=C(C)Nc3nc4ccccc4n32)cc1OC. The van der Waals surface area contributed by atoms with Gasteiger partial charge in [0.1, 0.15) is 0 Å². The minimum atomic E-state index is -0.300. The fourth-order valence-electron chi connectivity index (χ4n) is 3.86. The Morgan fingerprint density at radius 3 is 2.71 bits per heavy atom. The summed E-state index contributed by atoms with van der Waals surface area (Å²) in [7, 11) is 1.62. The van der Waals surface area contributed by atoms with Crippen LogP contribution in [0, 0.1) is 0 Å². The number of imidazole rings is 1. The van der Waals surface area contributed by atoms with Crippen molar-refractivity contribution in [3.05, 3.63) is 59.3 Å². The molecule has 3 aromatic rings. The van der Waals surface area contributed by atoms with Gasteiger partial charge in [-0.05, 0) is 50.6 Å². The van der Waals surface area contributed by atoms with Crippen LogP contribution in [-0.4, -0.2) is 29.1 Å². The van der Waals surface area contributed by atoms with Crippen molar-refractivity contribution >= 4 is 22.8 Å². The van der Waals surface area contributed by atoms with Gasteiger partial charge in [0.25, 0.3) is 0 Å². The van der Waals surface area contributed by atoms with E-state index in [4.69, 9.17) is 14.5 Å². The number of aromatic nitrogens is 2. The molecule has 0 bridgehead atoms. The third-order valence-electron chi connectivity index (χ3n) is 5.01. The molecule has 0 saturated carbocycles. The smallest absolute Gasteiger partial charge is 0.209 e. The molecule has 0 radical (unpaired) electrons. The Hall–Kier alpha value is -3.28. The lowest BCUT2D eigenvalue weighted by atomic mass is 9.92. The second kappa shape index (κ2) is 7.03. The molecule has 144 valence electrons. The van der Waals surface area contributed by atoms with E-state index in [2.05, 4.69) is 9.88 Å². The van der Waals surface area contributed by atoms with E-state index >= 15 is 0 Å². The molecule has 1 aliphatic heterocycles. The van der Waals surface area contributed by atoms with E-state index in [1.165, 1.54) is 0 Å². The maximum atomic E-state index is 12.6. The van der Waals surface area contributed by atoms with E-state index < -0.39 is 0 Å². The van der Waals surface area contributed by atoms with Gasteiger partial charge in [0, 0.05) is 11.3 Å². The predicted molar refractivity (Wildman–Crippen MR) is 109 cm³/mol. The van der Waals surface area contributed by atoms with Gasteiger partial charge in [-0.25, -0.2) is 4.98 Å². The number of carbonyl (C=O) groups excluding carboxylic acids is 1. The molecule has 0 fully saturated rings. The number of nitrogens with zero attached hydrogens (tertiary/aromatic N) is 2. The van der Waals surface area contributed by atoms with Gasteiger partial charge in [-0.15, -0.1) is 0 Å². The summed E-state index contributed by atoms with van der Waals surface area (Å²) in [6, 6.07) is 13.4. The summed E-state index contributed by atoms with van der Waals surface area (Å²) in [4.78, 5) is 17.3. The number of hydrogen-bond donors (Lipinski definition) is 1. The molecule has 2 aromatic carbocycles. The third kappa shape index (κ3) is 2.81. The third-order valence-corrected chi connectivity index (χ3v) is 5.01. The van der Waals surface area contributed by atoms with Crippen LogP contribution in [-0.2, 0) is 4.79 Å². The number of benzene rings is 2. The number of anilines is 1. The van der Waals surface area contributed by atoms with Gasteiger partial charge in [-0.1, -0.05) is 18.2 Å². The second-order valence-corrected chi connectivity index (χ2v) is 6.76. The summed E-state index contributed by atoms with van der Waals surface area (Å²) >= 11 is 0. The standard InChI is InChI=1S/C22H23N3O3/c1-5-28-18-11-10-15(12-19(18)27-4)21-20(14(3)26)13(2)23-22-24-16-8-6-7-9-17(16)25(21)22/h6-12,21H,5H2,1-4H3,(H,23,24)/t21-/m0/s1. The van der Waals surface area contributed by atoms with E-state index in [1.807, 2.05) is 56.3 Å². The number of nitrogens with one attached hydrogen (secondary N) is 1. The van der Waals surface area contributed by atoms with Crippen molar-refractivity contribution in [3.8, 4) is 11.5 Å². The van der Waals surface area contributed by atoms with Crippen molar-refractivity contribution < 1.29 is 14.3 Å². The highest BCUT2D eigenvalue weighted by atomic mass is 16.5. The van der Waals surface area contributed by atoms with E-state index in [9.17, 15) is 4.79 Å². The zero-order chi connectivity index (χ0) is 19.8. The first-order valence-electron chi connectivity index (χ1n) is 9.31. The first-order chi connectivity index (χ1) is 13.5. The van der Waals surface area contributed by atoms with Crippen LogP contribution in [0.5, 0.6) is 11.5 Å². The van der Waals surface area contributed by atoms with Crippen molar-refractivity contribution in [1.82, 2.24) is 9.55 Å². The lowest BCUT2D eigenvalue weighted by Crippen LogP contribution is -2.27. The molecule has 4 rings (SSSR count). The van der Waals surface area contributed by atoms with E-state index in [1.54, 1.807) is 14.0 Å². The van der Waals surface area contributed by atoms with Crippen LogP contribution in [0.3, 0.4) is 0 Å². The van der Waals surface area contributed by atoms with Crippen LogP contribution in [0.25, 0.3) is 11.0 Å². The van der Waals surface area contributed by atoms with Gasteiger partial charge in [-0.2, -0.15) is 0 Å². The zero-order valence-corrected chi connectivity index (χ0v) is 16.4. The number of fused-ring (bicyclic) bond motifs is 3. The average molecular weight is 377 g/mol. The fourth-order valence-corrected chi connectivity index (χ4v) is 3.86. The van der Waals surface area contributed by atoms with Crippen molar-refractivity contribution in [2.24, 2.45) is 0 Å². The maximum Gasteiger partial charge on any atom is 0.209 e. The minimum Gasteiger partial charge on any atom is -0.493 e. The number of Topliss-reactive ketones (excluding diaryl/α,β-unsaturated/α-hetero) is 1. The van der Waals surface area contributed by atoms with Gasteiger partial charge in [0.15, 0.2) is 17.3 Å². The van der Waals surface area contributed by atoms with Gasteiger partial charge in [0.2, 0.25) is 5.95 Å². The first kappa shape index (κ1) is 18.1. The quantitative estimate of drug-likeness (QED) is 0.717. The van der Waals surface area contributed by atoms with Gasteiger partial charge >= 0.3 is 0 Å². The summed E-state index contributed by atoms with van der Waals surface area (Å²) in [5.74, 6) is 2.07. The Morgan fingerprint density at radius 1 is 1.21 bits per heavy atom. The number of para-hydroxylation sites is 2. The molecule has 1 aliphatic rings. The Balaban J connectivity index is 1.97. The highest BCUT2D eigenvalue weighted by molar-refractivity contribution is 5.97. The number of carbonyl (C=O) groups is 1. The number of ketones is 1. The Kier molecular flexibility index (Phi) is 4.55. The lowest BCUT2D eigenvalue weighted by molar-refractivity contribution is -0.114. The Morgan fingerprint density at radius 2 is 2.00 bits per heavy atom.